The maximum absolute atomic E-state index is 11.6. The summed E-state index contributed by atoms with van der Waals surface area (Å²) in [5.74, 6) is -0.258. The number of nitrogens with one attached hydrogen (secondary N) is 1. The lowest BCUT2D eigenvalue weighted by Crippen LogP contribution is -2.38. The highest BCUT2D eigenvalue weighted by molar-refractivity contribution is 7.07. The third-order valence-corrected chi connectivity index (χ3v) is 3.14. The summed E-state index contributed by atoms with van der Waals surface area (Å²) in [6.45, 7) is 2.91. The van der Waals surface area contributed by atoms with E-state index in [-0.39, 0.29) is 17.7 Å². The molecule has 0 aliphatic heterocycles. The maximum atomic E-state index is 11.6. The van der Waals surface area contributed by atoms with Crippen LogP contribution in [0, 0.1) is 0 Å². The van der Waals surface area contributed by atoms with Gasteiger partial charge in [-0.25, -0.2) is 0 Å². The molecule has 1 N–H and O–H groups in total. The lowest BCUT2D eigenvalue weighted by molar-refractivity contribution is -0.129. The predicted octanol–water partition coefficient (Wildman–Crippen LogP) is 1.45. The van der Waals surface area contributed by atoms with Gasteiger partial charge < -0.3 is 10.2 Å². The van der Waals surface area contributed by atoms with E-state index in [1.807, 2.05) is 16.8 Å². The summed E-state index contributed by atoms with van der Waals surface area (Å²) in [6, 6.07) is 1.97. The Hall–Kier alpha value is -1.07. The number of rotatable bonds is 6. The molecule has 1 rings (SSSR count). The predicted molar refractivity (Wildman–Crippen MR) is 69.1 cm³/mol. The van der Waals surface area contributed by atoms with Gasteiger partial charge in [0, 0.05) is 26.6 Å². The normalized spacial score (nSPS) is 10.0. The zero-order chi connectivity index (χ0) is 12.7. The number of carbonyl (C=O) groups excluding carboxylic acids is 2. The summed E-state index contributed by atoms with van der Waals surface area (Å²) in [4.78, 5) is 24.0. The number of thiophene rings is 1. The van der Waals surface area contributed by atoms with E-state index in [2.05, 4.69) is 5.32 Å². The fourth-order valence-corrected chi connectivity index (χ4v) is 2.18. The van der Waals surface area contributed by atoms with Crippen molar-refractivity contribution < 1.29 is 9.59 Å². The van der Waals surface area contributed by atoms with Crippen LogP contribution in [0.25, 0.3) is 0 Å². The molecule has 0 spiro atoms. The minimum absolute atomic E-state index is 0.0375. The molecule has 0 radical (unpaired) electrons. The summed E-state index contributed by atoms with van der Waals surface area (Å²) in [5, 5.41) is 6.62. The second kappa shape index (κ2) is 7.29. The first kappa shape index (κ1) is 14.0. The highest BCUT2D eigenvalue weighted by atomic mass is 35.5. The lowest BCUT2D eigenvalue weighted by atomic mass is 10.3. The summed E-state index contributed by atoms with van der Waals surface area (Å²) < 4.78 is 0. The van der Waals surface area contributed by atoms with Crippen molar-refractivity contribution >= 4 is 34.8 Å². The quantitative estimate of drug-likeness (QED) is 0.799. The molecule has 0 saturated heterocycles. The Bertz CT molecular complexity index is 368. The average molecular weight is 275 g/mol. The summed E-state index contributed by atoms with van der Waals surface area (Å²) in [6.07, 6.45) is 0. The molecule has 1 aromatic rings. The highest BCUT2D eigenvalue weighted by Gasteiger charge is 2.12. The van der Waals surface area contributed by atoms with Crippen LogP contribution in [0.3, 0.4) is 0 Å². The first-order valence-electron chi connectivity index (χ1n) is 5.22. The van der Waals surface area contributed by atoms with E-state index in [1.165, 1.54) is 6.92 Å². The molecule has 1 heterocycles. The van der Waals surface area contributed by atoms with Crippen LogP contribution in [0.5, 0.6) is 0 Å². The molecular weight excluding hydrogens is 260 g/mol. The number of hydrogen-bond donors (Lipinski definition) is 1. The van der Waals surface area contributed by atoms with Gasteiger partial charge in [0.1, 0.15) is 5.88 Å². The van der Waals surface area contributed by atoms with Crippen molar-refractivity contribution in [3.05, 3.63) is 22.4 Å². The molecule has 0 atom stereocenters. The van der Waals surface area contributed by atoms with Crippen LogP contribution in [-0.4, -0.2) is 35.7 Å². The number of alkyl halides is 1. The van der Waals surface area contributed by atoms with Crippen LogP contribution in [0.2, 0.25) is 0 Å². The topological polar surface area (TPSA) is 49.4 Å². The van der Waals surface area contributed by atoms with Crippen LogP contribution < -0.4 is 5.32 Å². The molecular formula is C11H15ClN2O2S. The molecule has 17 heavy (non-hydrogen) atoms. The van der Waals surface area contributed by atoms with Crippen LogP contribution in [0.1, 0.15) is 12.5 Å². The summed E-state index contributed by atoms with van der Waals surface area (Å²) in [5.41, 5.74) is 1.08. The van der Waals surface area contributed by atoms with Gasteiger partial charge in [0.2, 0.25) is 11.8 Å². The van der Waals surface area contributed by atoms with Gasteiger partial charge in [-0.15, -0.1) is 11.6 Å². The van der Waals surface area contributed by atoms with Crippen LogP contribution in [0.15, 0.2) is 16.8 Å². The van der Waals surface area contributed by atoms with E-state index >= 15 is 0 Å². The minimum Gasteiger partial charge on any atom is -0.355 e. The monoisotopic (exact) mass is 274 g/mol. The van der Waals surface area contributed by atoms with Gasteiger partial charge in [0.15, 0.2) is 0 Å². The van der Waals surface area contributed by atoms with Gasteiger partial charge >= 0.3 is 0 Å². The fourth-order valence-electron chi connectivity index (χ4n) is 1.35. The fraction of sp³-hybridized carbons (Fsp3) is 0.455. The molecule has 0 fully saturated rings. The van der Waals surface area contributed by atoms with Gasteiger partial charge in [-0.1, -0.05) is 0 Å². The second-order valence-electron chi connectivity index (χ2n) is 3.56. The number of amides is 2. The van der Waals surface area contributed by atoms with E-state index in [9.17, 15) is 9.59 Å². The third kappa shape index (κ3) is 5.19. The summed E-state index contributed by atoms with van der Waals surface area (Å²) in [7, 11) is 0. The molecule has 0 unspecified atom stereocenters. The largest absolute Gasteiger partial charge is 0.355 e. The molecule has 4 nitrogen and oxygen atoms in total. The van der Waals surface area contributed by atoms with Crippen molar-refractivity contribution in [2.45, 2.75) is 13.5 Å². The van der Waals surface area contributed by atoms with E-state index in [0.29, 0.717) is 19.6 Å². The molecule has 0 aliphatic carbocycles. The summed E-state index contributed by atoms with van der Waals surface area (Å²) >= 11 is 7.14. The number of halogens is 1. The van der Waals surface area contributed by atoms with Crippen molar-refractivity contribution in [2.75, 3.05) is 19.0 Å². The van der Waals surface area contributed by atoms with Crippen molar-refractivity contribution in [2.24, 2.45) is 0 Å². The average Bonchev–Trinajstić information content (AvgIpc) is 2.79. The Morgan fingerprint density at radius 2 is 2.29 bits per heavy atom. The zero-order valence-electron chi connectivity index (χ0n) is 9.61. The third-order valence-electron chi connectivity index (χ3n) is 2.18. The van der Waals surface area contributed by atoms with Crippen molar-refractivity contribution in [1.82, 2.24) is 10.2 Å². The Morgan fingerprint density at radius 3 is 2.82 bits per heavy atom. The van der Waals surface area contributed by atoms with Gasteiger partial charge in [0.05, 0.1) is 0 Å². The molecule has 1 aromatic heterocycles. The van der Waals surface area contributed by atoms with Gasteiger partial charge in [-0.05, 0) is 22.4 Å². The Kier molecular flexibility index (Phi) is 6.00. The minimum atomic E-state index is -0.122. The Morgan fingerprint density at radius 1 is 1.53 bits per heavy atom. The smallest absolute Gasteiger partial charge is 0.237 e. The number of nitrogens with zero attached hydrogens (tertiary/aromatic N) is 1. The molecule has 0 saturated carbocycles. The van der Waals surface area contributed by atoms with Crippen LogP contribution in [-0.2, 0) is 16.1 Å². The molecule has 0 bridgehead atoms. The van der Waals surface area contributed by atoms with E-state index in [0.717, 1.165) is 5.56 Å². The van der Waals surface area contributed by atoms with Gasteiger partial charge in [-0.3, -0.25) is 9.59 Å². The number of hydrogen-bond acceptors (Lipinski definition) is 3. The van der Waals surface area contributed by atoms with E-state index in [4.69, 9.17) is 11.6 Å². The van der Waals surface area contributed by atoms with Crippen molar-refractivity contribution in [3.63, 3.8) is 0 Å². The SMILES string of the molecule is CC(=O)NCCN(Cc1ccsc1)C(=O)CCl. The van der Waals surface area contributed by atoms with Crippen LogP contribution >= 0.6 is 22.9 Å². The zero-order valence-corrected chi connectivity index (χ0v) is 11.2. The van der Waals surface area contributed by atoms with Crippen molar-refractivity contribution in [3.8, 4) is 0 Å². The molecule has 0 aromatic carbocycles. The van der Waals surface area contributed by atoms with Crippen molar-refractivity contribution in [1.29, 1.82) is 0 Å². The molecule has 94 valence electrons. The first-order chi connectivity index (χ1) is 8.13. The Labute approximate surface area is 110 Å². The number of carbonyl (C=O) groups is 2. The Balaban J connectivity index is 2.49. The standard InChI is InChI=1S/C11H15ClN2O2S/c1-9(15)13-3-4-14(11(16)6-12)7-10-2-5-17-8-10/h2,5,8H,3-4,6-7H2,1H3,(H,13,15). The molecule has 0 aliphatic rings. The molecule has 2 amide bonds. The van der Waals surface area contributed by atoms with Gasteiger partial charge in [0.25, 0.3) is 0 Å². The lowest BCUT2D eigenvalue weighted by Gasteiger charge is -2.21. The van der Waals surface area contributed by atoms with Gasteiger partial charge in [-0.2, -0.15) is 11.3 Å². The first-order valence-corrected chi connectivity index (χ1v) is 6.70. The molecule has 6 heteroatoms. The second-order valence-corrected chi connectivity index (χ2v) is 4.61. The van der Waals surface area contributed by atoms with Crippen LogP contribution in [0.4, 0.5) is 0 Å². The van der Waals surface area contributed by atoms with E-state index < -0.39 is 0 Å². The highest BCUT2D eigenvalue weighted by Crippen LogP contribution is 2.09. The maximum Gasteiger partial charge on any atom is 0.237 e. The van der Waals surface area contributed by atoms with E-state index in [1.54, 1.807) is 16.2 Å².